The maximum absolute atomic E-state index is 5.76. The Morgan fingerprint density at radius 1 is 1.05 bits per heavy atom. The molecule has 0 amide bonds. The minimum absolute atomic E-state index is 0.151. The van der Waals surface area contributed by atoms with E-state index in [0.29, 0.717) is 5.92 Å². The summed E-state index contributed by atoms with van der Waals surface area (Å²) in [5, 5.41) is 3.38. The van der Waals surface area contributed by atoms with Gasteiger partial charge in [-0.05, 0) is 43.9 Å². The van der Waals surface area contributed by atoms with Crippen LogP contribution in [0.4, 0.5) is 5.82 Å². The highest BCUT2D eigenvalue weighted by Gasteiger charge is 2.08. The van der Waals surface area contributed by atoms with Gasteiger partial charge in [-0.1, -0.05) is 37.3 Å². The molecule has 1 aromatic carbocycles. The number of benzene rings is 1. The van der Waals surface area contributed by atoms with Gasteiger partial charge in [0.1, 0.15) is 0 Å². The molecule has 0 bridgehead atoms. The van der Waals surface area contributed by atoms with E-state index in [1.165, 1.54) is 5.56 Å². The van der Waals surface area contributed by atoms with Gasteiger partial charge in [0.2, 0.25) is 0 Å². The molecule has 21 heavy (non-hydrogen) atoms. The van der Waals surface area contributed by atoms with Gasteiger partial charge in [0.15, 0.2) is 11.6 Å². The van der Waals surface area contributed by atoms with Gasteiger partial charge in [-0.3, -0.25) is 0 Å². The Balaban J connectivity index is 1.89. The summed E-state index contributed by atoms with van der Waals surface area (Å²) in [6, 6.07) is 14.4. The molecule has 0 saturated heterocycles. The highest BCUT2D eigenvalue weighted by molar-refractivity contribution is 5.49. The van der Waals surface area contributed by atoms with Crippen molar-refractivity contribution in [1.82, 2.24) is 4.98 Å². The molecule has 0 radical (unpaired) electrons. The molecule has 3 heteroatoms. The Kier molecular flexibility index (Phi) is 5.61. The van der Waals surface area contributed by atoms with Gasteiger partial charge in [-0.15, -0.1) is 0 Å². The quantitative estimate of drug-likeness (QED) is 0.814. The molecule has 0 saturated carbocycles. The third kappa shape index (κ3) is 4.78. The number of anilines is 1. The lowest BCUT2D eigenvalue weighted by Crippen LogP contribution is -2.11. The molecule has 0 aliphatic heterocycles. The Labute approximate surface area is 127 Å². The fourth-order valence-electron chi connectivity index (χ4n) is 2.23. The minimum Gasteiger partial charge on any atom is -0.487 e. The van der Waals surface area contributed by atoms with Gasteiger partial charge in [0.05, 0.1) is 6.10 Å². The maximum atomic E-state index is 5.76. The predicted molar refractivity (Wildman–Crippen MR) is 88.0 cm³/mol. The van der Waals surface area contributed by atoms with Crippen LogP contribution in [-0.2, 0) is 0 Å². The van der Waals surface area contributed by atoms with E-state index in [2.05, 4.69) is 47.6 Å². The van der Waals surface area contributed by atoms with Crippen molar-refractivity contribution in [2.45, 2.75) is 39.2 Å². The summed E-state index contributed by atoms with van der Waals surface area (Å²) in [6.45, 7) is 7.17. The largest absolute Gasteiger partial charge is 0.487 e. The highest BCUT2D eigenvalue weighted by atomic mass is 16.5. The fraction of sp³-hybridized carbons (Fsp3) is 0.389. The van der Waals surface area contributed by atoms with Gasteiger partial charge in [0, 0.05) is 12.7 Å². The van der Waals surface area contributed by atoms with Crippen LogP contribution in [0.2, 0.25) is 0 Å². The first-order valence-corrected chi connectivity index (χ1v) is 7.57. The number of ether oxygens (including phenoxy) is 1. The summed E-state index contributed by atoms with van der Waals surface area (Å²) in [6.07, 6.45) is 3.00. The SMILES string of the molecule is CC(C)Oc1cccnc1NCCC(C)c1ccccc1. The predicted octanol–water partition coefficient (Wildman–Crippen LogP) is 4.47. The molecule has 0 fully saturated rings. The van der Waals surface area contributed by atoms with Crippen LogP contribution < -0.4 is 10.1 Å². The standard InChI is InChI=1S/C18H24N2O/c1-14(2)21-17-10-7-12-19-18(17)20-13-11-15(3)16-8-5-4-6-9-16/h4-10,12,14-15H,11,13H2,1-3H3,(H,19,20). The van der Waals surface area contributed by atoms with Gasteiger partial charge in [-0.25, -0.2) is 4.98 Å². The Morgan fingerprint density at radius 3 is 2.52 bits per heavy atom. The molecule has 0 spiro atoms. The lowest BCUT2D eigenvalue weighted by molar-refractivity contribution is 0.243. The average molecular weight is 284 g/mol. The van der Waals surface area contributed by atoms with Crippen LogP contribution in [0, 0.1) is 0 Å². The van der Waals surface area contributed by atoms with Gasteiger partial charge in [0.25, 0.3) is 0 Å². The molecule has 0 aliphatic carbocycles. The summed E-state index contributed by atoms with van der Waals surface area (Å²) in [5.74, 6) is 2.17. The van der Waals surface area contributed by atoms with E-state index in [-0.39, 0.29) is 6.10 Å². The average Bonchev–Trinajstić information content (AvgIpc) is 2.49. The zero-order valence-electron chi connectivity index (χ0n) is 13.0. The summed E-state index contributed by atoms with van der Waals surface area (Å²) >= 11 is 0. The number of hydrogen-bond acceptors (Lipinski definition) is 3. The number of rotatable bonds is 7. The molecular weight excluding hydrogens is 260 g/mol. The van der Waals surface area contributed by atoms with Gasteiger partial charge >= 0.3 is 0 Å². The Hall–Kier alpha value is -2.03. The molecule has 1 unspecified atom stereocenters. The molecule has 1 aromatic heterocycles. The van der Waals surface area contributed by atoms with E-state index in [0.717, 1.165) is 24.5 Å². The second-order valence-electron chi connectivity index (χ2n) is 5.54. The normalized spacial score (nSPS) is 12.2. The number of pyridine rings is 1. The lowest BCUT2D eigenvalue weighted by atomic mass is 9.98. The number of nitrogens with zero attached hydrogens (tertiary/aromatic N) is 1. The van der Waals surface area contributed by atoms with Crippen molar-refractivity contribution in [2.75, 3.05) is 11.9 Å². The molecule has 1 heterocycles. The number of hydrogen-bond donors (Lipinski definition) is 1. The molecule has 3 nitrogen and oxygen atoms in total. The van der Waals surface area contributed by atoms with Crippen molar-refractivity contribution in [3.05, 3.63) is 54.2 Å². The summed E-state index contributed by atoms with van der Waals surface area (Å²) in [4.78, 5) is 4.37. The van der Waals surface area contributed by atoms with Gasteiger partial charge in [-0.2, -0.15) is 0 Å². The van der Waals surface area contributed by atoms with Crippen LogP contribution in [0.1, 0.15) is 38.7 Å². The van der Waals surface area contributed by atoms with Crippen molar-refractivity contribution in [1.29, 1.82) is 0 Å². The van der Waals surface area contributed by atoms with Crippen molar-refractivity contribution in [2.24, 2.45) is 0 Å². The van der Waals surface area contributed by atoms with Crippen LogP contribution in [-0.4, -0.2) is 17.6 Å². The molecule has 0 aliphatic rings. The van der Waals surface area contributed by atoms with Crippen molar-refractivity contribution in [3.63, 3.8) is 0 Å². The molecule has 1 N–H and O–H groups in total. The Bertz CT molecular complexity index is 540. The van der Waals surface area contributed by atoms with E-state index in [1.54, 1.807) is 6.20 Å². The van der Waals surface area contributed by atoms with E-state index in [1.807, 2.05) is 26.0 Å². The summed E-state index contributed by atoms with van der Waals surface area (Å²) in [7, 11) is 0. The molecular formula is C18H24N2O. The fourth-order valence-corrected chi connectivity index (χ4v) is 2.23. The smallest absolute Gasteiger partial charge is 0.168 e. The maximum Gasteiger partial charge on any atom is 0.168 e. The van der Waals surface area contributed by atoms with Crippen LogP contribution in [0.25, 0.3) is 0 Å². The van der Waals surface area contributed by atoms with E-state index in [4.69, 9.17) is 4.74 Å². The first kappa shape index (κ1) is 15.4. The summed E-state index contributed by atoms with van der Waals surface area (Å²) in [5.41, 5.74) is 1.37. The van der Waals surface area contributed by atoms with E-state index >= 15 is 0 Å². The summed E-state index contributed by atoms with van der Waals surface area (Å²) < 4.78 is 5.76. The van der Waals surface area contributed by atoms with Crippen LogP contribution in [0.3, 0.4) is 0 Å². The van der Waals surface area contributed by atoms with Crippen molar-refractivity contribution < 1.29 is 4.74 Å². The minimum atomic E-state index is 0.151. The second kappa shape index (κ2) is 7.67. The van der Waals surface area contributed by atoms with Crippen molar-refractivity contribution >= 4 is 5.82 Å². The molecule has 2 aromatic rings. The van der Waals surface area contributed by atoms with Crippen LogP contribution >= 0.6 is 0 Å². The third-order valence-electron chi connectivity index (χ3n) is 3.37. The topological polar surface area (TPSA) is 34.1 Å². The van der Waals surface area contributed by atoms with E-state index < -0.39 is 0 Å². The third-order valence-corrected chi connectivity index (χ3v) is 3.37. The zero-order chi connectivity index (χ0) is 15.1. The first-order chi connectivity index (χ1) is 10.2. The van der Waals surface area contributed by atoms with Crippen LogP contribution in [0.15, 0.2) is 48.7 Å². The van der Waals surface area contributed by atoms with Crippen molar-refractivity contribution in [3.8, 4) is 5.75 Å². The highest BCUT2D eigenvalue weighted by Crippen LogP contribution is 2.23. The number of nitrogens with one attached hydrogen (secondary N) is 1. The molecule has 1 atom stereocenters. The number of aromatic nitrogens is 1. The molecule has 112 valence electrons. The van der Waals surface area contributed by atoms with E-state index in [9.17, 15) is 0 Å². The van der Waals surface area contributed by atoms with Gasteiger partial charge < -0.3 is 10.1 Å². The van der Waals surface area contributed by atoms with Crippen LogP contribution in [0.5, 0.6) is 5.75 Å². The lowest BCUT2D eigenvalue weighted by Gasteiger charge is -2.16. The first-order valence-electron chi connectivity index (χ1n) is 7.57. The zero-order valence-corrected chi connectivity index (χ0v) is 13.0. The Morgan fingerprint density at radius 2 is 1.81 bits per heavy atom. The molecule has 2 rings (SSSR count). The monoisotopic (exact) mass is 284 g/mol. The second-order valence-corrected chi connectivity index (χ2v) is 5.54.